The van der Waals surface area contributed by atoms with Crippen molar-refractivity contribution in [3.63, 3.8) is 0 Å². The lowest BCUT2D eigenvalue weighted by atomic mass is 10.1. The molecule has 1 aromatic rings. The molecule has 1 aromatic heterocycles. The fraction of sp³-hybridized carbons (Fsp3) is 0.714. The zero-order valence-corrected chi connectivity index (χ0v) is 7.98. The van der Waals surface area contributed by atoms with Gasteiger partial charge in [0, 0.05) is 0 Å². The second-order valence-corrected chi connectivity index (χ2v) is 3.85. The Hall–Kier alpha value is -0.570. The zero-order chi connectivity index (χ0) is 8.65. The summed E-state index contributed by atoms with van der Waals surface area (Å²) < 4.78 is 1.71. The molecular weight excluding hydrogens is 162 g/mol. The topological polar surface area (TPSA) is 30.7 Å². The third-order valence-electron chi connectivity index (χ3n) is 1.31. The molecule has 0 bridgehead atoms. The van der Waals surface area contributed by atoms with Crippen LogP contribution in [-0.2, 0) is 5.54 Å². The summed E-state index contributed by atoms with van der Waals surface area (Å²) in [5, 5.41) is 4.61. The minimum Gasteiger partial charge on any atom is -0.231 e. The van der Waals surface area contributed by atoms with Gasteiger partial charge in [-0.15, -0.1) is 0 Å². The van der Waals surface area contributed by atoms with Crippen molar-refractivity contribution in [2.45, 2.75) is 33.2 Å². The summed E-state index contributed by atoms with van der Waals surface area (Å²) >= 11 is 5.82. The SMILES string of the molecule is Cc1nc(Cl)n(C(C)(C)C)n1. The molecule has 0 radical (unpaired) electrons. The van der Waals surface area contributed by atoms with Crippen LogP contribution in [0.25, 0.3) is 0 Å². The Morgan fingerprint density at radius 1 is 1.36 bits per heavy atom. The van der Waals surface area contributed by atoms with Crippen LogP contribution in [0, 0.1) is 6.92 Å². The van der Waals surface area contributed by atoms with Crippen LogP contribution >= 0.6 is 11.6 Å². The first-order valence-electron chi connectivity index (χ1n) is 3.51. The average Bonchev–Trinajstić information content (AvgIpc) is 2.08. The van der Waals surface area contributed by atoms with Crippen molar-refractivity contribution in [2.24, 2.45) is 0 Å². The number of nitrogens with zero attached hydrogens (tertiary/aromatic N) is 3. The van der Waals surface area contributed by atoms with Crippen molar-refractivity contribution < 1.29 is 0 Å². The maximum Gasteiger partial charge on any atom is 0.221 e. The van der Waals surface area contributed by atoms with Gasteiger partial charge in [-0.2, -0.15) is 5.10 Å². The molecule has 0 unspecified atom stereocenters. The number of hydrogen-bond donors (Lipinski definition) is 0. The summed E-state index contributed by atoms with van der Waals surface area (Å²) in [6, 6.07) is 0. The van der Waals surface area contributed by atoms with Gasteiger partial charge in [0.05, 0.1) is 5.54 Å². The van der Waals surface area contributed by atoms with E-state index < -0.39 is 0 Å². The molecule has 0 spiro atoms. The molecule has 0 aliphatic rings. The Morgan fingerprint density at radius 2 is 1.91 bits per heavy atom. The maximum absolute atomic E-state index is 5.82. The van der Waals surface area contributed by atoms with Gasteiger partial charge in [0.25, 0.3) is 0 Å². The number of rotatable bonds is 0. The minimum absolute atomic E-state index is 0.0850. The van der Waals surface area contributed by atoms with E-state index in [-0.39, 0.29) is 5.54 Å². The van der Waals surface area contributed by atoms with Crippen molar-refractivity contribution in [3.8, 4) is 0 Å². The van der Waals surface area contributed by atoms with Crippen molar-refractivity contribution in [1.82, 2.24) is 14.8 Å². The van der Waals surface area contributed by atoms with E-state index in [0.29, 0.717) is 11.1 Å². The molecular formula is C7H12ClN3. The molecule has 0 saturated carbocycles. The molecule has 11 heavy (non-hydrogen) atoms. The first kappa shape index (κ1) is 8.53. The molecule has 0 atom stereocenters. The molecule has 3 nitrogen and oxygen atoms in total. The van der Waals surface area contributed by atoms with Crippen LogP contribution in [0.1, 0.15) is 26.6 Å². The molecule has 0 aromatic carbocycles. The molecule has 1 rings (SSSR count). The van der Waals surface area contributed by atoms with E-state index in [0.717, 1.165) is 0 Å². The second kappa shape index (κ2) is 2.48. The molecule has 1 heterocycles. The third kappa shape index (κ3) is 1.71. The average molecular weight is 174 g/mol. The minimum atomic E-state index is -0.0850. The van der Waals surface area contributed by atoms with Crippen molar-refractivity contribution in [3.05, 3.63) is 11.1 Å². The standard InChI is InChI=1S/C7H12ClN3/c1-5-9-6(8)11(10-5)7(2,3)4/h1-4H3. The lowest BCUT2D eigenvalue weighted by Crippen LogP contribution is -2.23. The van der Waals surface area contributed by atoms with Crippen LogP contribution in [0.3, 0.4) is 0 Å². The molecule has 62 valence electrons. The van der Waals surface area contributed by atoms with Crippen molar-refractivity contribution in [1.29, 1.82) is 0 Å². The maximum atomic E-state index is 5.82. The quantitative estimate of drug-likeness (QED) is 0.601. The first-order valence-corrected chi connectivity index (χ1v) is 3.88. The summed E-state index contributed by atoms with van der Waals surface area (Å²) in [5.41, 5.74) is -0.0850. The van der Waals surface area contributed by atoms with Gasteiger partial charge in [-0.05, 0) is 39.3 Å². The van der Waals surface area contributed by atoms with Crippen LogP contribution in [0.4, 0.5) is 0 Å². The van der Waals surface area contributed by atoms with E-state index in [4.69, 9.17) is 11.6 Å². The number of aryl methyl sites for hydroxylation is 1. The van der Waals surface area contributed by atoms with Gasteiger partial charge in [0.1, 0.15) is 5.82 Å². The van der Waals surface area contributed by atoms with Crippen LogP contribution in [-0.4, -0.2) is 14.8 Å². The predicted octanol–water partition coefficient (Wildman–Crippen LogP) is 1.99. The zero-order valence-electron chi connectivity index (χ0n) is 7.22. The monoisotopic (exact) mass is 173 g/mol. The Bertz CT molecular complexity index is 259. The van der Waals surface area contributed by atoms with Gasteiger partial charge in [-0.3, -0.25) is 0 Å². The molecule has 4 heteroatoms. The number of hydrogen-bond acceptors (Lipinski definition) is 2. The molecule has 0 saturated heterocycles. The van der Waals surface area contributed by atoms with Crippen molar-refractivity contribution >= 4 is 11.6 Å². The van der Waals surface area contributed by atoms with Gasteiger partial charge in [-0.1, -0.05) is 0 Å². The van der Waals surface area contributed by atoms with Crippen LogP contribution in [0.15, 0.2) is 0 Å². The third-order valence-corrected chi connectivity index (χ3v) is 1.55. The molecule has 0 N–H and O–H groups in total. The Labute approximate surface area is 71.4 Å². The number of halogens is 1. The highest BCUT2D eigenvalue weighted by molar-refractivity contribution is 6.28. The highest BCUT2D eigenvalue weighted by Gasteiger charge is 2.18. The van der Waals surface area contributed by atoms with E-state index in [2.05, 4.69) is 10.1 Å². The van der Waals surface area contributed by atoms with Crippen LogP contribution < -0.4 is 0 Å². The summed E-state index contributed by atoms with van der Waals surface area (Å²) in [7, 11) is 0. The van der Waals surface area contributed by atoms with Crippen molar-refractivity contribution in [2.75, 3.05) is 0 Å². The largest absolute Gasteiger partial charge is 0.231 e. The Kier molecular flexibility index (Phi) is 1.92. The highest BCUT2D eigenvalue weighted by atomic mass is 35.5. The molecule has 0 fully saturated rings. The molecule has 0 amide bonds. The highest BCUT2D eigenvalue weighted by Crippen LogP contribution is 2.17. The van der Waals surface area contributed by atoms with E-state index in [1.165, 1.54) is 0 Å². The van der Waals surface area contributed by atoms with Crippen LogP contribution in [0.2, 0.25) is 5.28 Å². The lowest BCUT2D eigenvalue weighted by molar-refractivity contribution is 0.354. The van der Waals surface area contributed by atoms with Gasteiger partial charge < -0.3 is 0 Å². The lowest BCUT2D eigenvalue weighted by Gasteiger charge is -2.18. The van der Waals surface area contributed by atoms with Crippen LogP contribution in [0.5, 0.6) is 0 Å². The summed E-state index contributed by atoms with van der Waals surface area (Å²) in [6.45, 7) is 7.93. The Balaban J connectivity index is 3.13. The molecule has 0 aliphatic carbocycles. The van der Waals surface area contributed by atoms with E-state index in [1.807, 2.05) is 27.7 Å². The fourth-order valence-corrected chi connectivity index (χ4v) is 1.23. The smallest absolute Gasteiger partial charge is 0.221 e. The van der Waals surface area contributed by atoms with E-state index >= 15 is 0 Å². The normalized spacial score (nSPS) is 12.1. The first-order chi connectivity index (χ1) is 4.91. The summed E-state index contributed by atoms with van der Waals surface area (Å²) in [5.74, 6) is 0.713. The van der Waals surface area contributed by atoms with E-state index in [9.17, 15) is 0 Å². The fourth-order valence-electron chi connectivity index (χ4n) is 0.816. The van der Waals surface area contributed by atoms with E-state index in [1.54, 1.807) is 4.68 Å². The molecule has 0 aliphatic heterocycles. The number of aromatic nitrogens is 3. The van der Waals surface area contributed by atoms with Gasteiger partial charge in [-0.25, -0.2) is 9.67 Å². The van der Waals surface area contributed by atoms with Gasteiger partial charge >= 0.3 is 0 Å². The summed E-state index contributed by atoms with van der Waals surface area (Å²) in [6.07, 6.45) is 0. The van der Waals surface area contributed by atoms with Gasteiger partial charge in [0.15, 0.2) is 0 Å². The predicted molar refractivity (Wildman–Crippen MR) is 44.8 cm³/mol. The second-order valence-electron chi connectivity index (χ2n) is 3.51. The Morgan fingerprint density at radius 3 is 2.09 bits per heavy atom. The summed E-state index contributed by atoms with van der Waals surface area (Å²) in [4.78, 5) is 3.99. The van der Waals surface area contributed by atoms with Gasteiger partial charge in [0.2, 0.25) is 5.28 Å².